The van der Waals surface area contributed by atoms with E-state index in [0.29, 0.717) is 23.1 Å². The number of nitrogens with zero attached hydrogens (tertiary/aromatic N) is 2. The van der Waals surface area contributed by atoms with Crippen molar-refractivity contribution in [3.05, 3.63) is 75.9 Å². The number of benzene rings is 2. The van der Waals surface area contributed by atoms with Gasteiger partial charge in [0.25, 0.3) is 0 Å². The molecule has 9 heteroatoms. The number of nitrogens with one attached hydrogen (secondary N) is 3. The monoisotopic (exact) mass is 475 g/mol. The maximum atomic E-state index is 12.2. The molecule has 150 valence electrons. The summed E-state index contributed by atoms with van der Waals surface area (Å²) in [5.74, 6) is 0.371. The first-order chi connectivity index (χ1) is 14.0. The molecule has 1 aromatic heterocycles. The van der Waals surface area contributed by atoms with Gasteiger partial charge in [-0.1, -0.05) is 39.7 Å². The van der Waals surface area contributed by atoms with Crippen molar-refractivity contribution in [3.63, 3.8) is 0 Å². The molecule has 0 unspecified atom stereocenters. The van der Waals surface area contributed by atoms with Gasteiger partial charge in [-0.25, -0.2) is 9.48 Å². The molecule has 0 aliphatic carbocycles. The zero-order chi connectivity index (χ0) is 20.6. The van der Waals surface area contributed by atoms with Crippen molar-refractivity contribution in [2.45, 2.75) is 13.0 Å². The molecular weight excluding hydrogens is 458 g/mol. The van der Waals surface area contributed by atoms with E-state index in [-0.39, 0.29) is 24.9 Å². The fraction of sp³-hybridized carbons (Fsp3) is 0.150. The number of carbonyl (C=O) groups excluding carboxylic acids is 2. The SMILES string of the molecule is O=C(CCNC(=O)Nc1ccc(Br)cc1)Nc1ccnn1Cc1ccc(Cl)cc1. The van der Waals surface area contributed by atoms with E-state index in [0.717, 1.165) is 10.0 Å². The highest BCUT2D eigenvalue weighted by molar-refractivity contribution is 9.10. The first kappa shape index (κ1) is 20.9. The van der Waals surface area contributed by atoms with Gasteiger partial charge < -0.3 is 16.0 Å². The van der Waals surface area contributed by atoms with E-state index in [9.17, 15) is 9.59 Å². The molecule has 3 aromatic rings. The molecule has 0 aliphatic heterocycles. The second-order valence-corrected chi connectivity index (χ2v) is 7.54. The van der Waals surface area contributed by atoms with Crippen molar-refractivity contribution in [1.29, 1.82) is 0 Å². The summed E-state index contributed by atoms with van der Waals surface area (Å²) in [5, 5.41) is 13.1. The lowest BCUT2D eigenvalue weighted by Gasteiger charge is -2.10. The van der Waals surface area contributed by atoms with Gasteiger partial charge in [-0.15, -0.1) is 0 Å². The summed E-state index contributed by atoms with van der Waals surface area (Å²) in [6.07, 6.45) is 1.76. The van der Waals surface area contributed by atoms with E-state index in [4.69, 9.17) is 11.6 Å². The zero-order valence-corrected chi connectivity index (χ0v) is 17.7. The van der Waals surface area contributed by atoms with Crippen LogP contribution in [0.4, 0.5) is 16.3 Å². The molecule has 0 atom stereocenters. The number of halogens is 2. The zero-order valence-electron chi connectivity index (χ0n) is 15.4. The van der Waals surface area contributed by atoms with E-state index in [1.807, 2.05) is 36.4 Å². The van der Waals surface area contributed by atoms with Crippen LogP contribution in [-0.2, 0) is 11.3 Å². The first-order valence-corrected chi connectivity index (χ1v) is 10.0. The Morgan fingerprint density at radius 3 is 2.45 bits per heavy atom. The number of aromatic nitrogens is 2. The van der Waals surface area contributed by atoms with Crippen molar-refractivity contribution < 1.29 is 9.59 Å². The van der Waals surface area contributed by atoms with Crippen molar-refractivity contribution >= 4 is 51.0 Å². The fourth-order valence-corrected chi connectivity index (χ4v) is 2.92. The van der Waals surface area contributed by atoms with Crippen LogP contribution in [0.3, 0.4) is 0 Å². The molecule has 0 aliphatic rings. The average molecular weight is 477 g/mol. The molecule has 7 nitrogen and oxygen atoms in total. The van der Waals surface area contributed by atoms with Gasteiger partial charge in [0.05, 0.1) is 12.7 Å². The molecule has 3 N–H and O–H groups in total. The lowest BCUT2D eigenvalue weighted by molar-refractivity contribution is -0.116. The van der Waals surface area contributed by atoms with E-state index < -0.39 is 0 Å². The van der Waals surface area contributed by atoms with Crippen molar-refractivity contribution in [1.82, 2.24) is 15.1 Å². The van der Waals surface area contributed by atoms with Gasteiger partial charge in [0.1, 0.15) is 5.82 Å². The average Bonchev–Trinajstić information content (AvgIpc) is 3.12. The third-order valence-corrected chi connectivity index (χ3v) is 4.75. The fourth-order valence-electron chi connectivity index (χ4n) is 2.53. The third kappa shape index (κ3) is 6.62. The number of urea groups is 1. The van der Waals surface area contributed by atoms with E-state index >= 15 is 0 Å². The minimum absolute atomic E-state index is 0.139. The maximum Gasteiger partial charge on any atom is 0.319 e. The van der Waals surface area contributed by atoms with Crippen molar-refractivity contribution in [3.8, 4) is 0 Å². The molecule has 3 rings (SSSR count). The number of carbonyl (C=O) groups is 2. The summed E-state index contributed by atoms with van der Waals surface area (Å²) in [7, 11) is 0. The Hall–Kier alpha value is -2.84. The summed E-state index contributed by atoms with van der Waals surface area (Å²) >= 11 is 9.24. The Balaban J connectivity index is 1.44. The number of rotatable bonds is 7. The number of hydrogen-bond acceptors (Lipinski definition) is 3. The highest BCUT2D eigenvalue weighted by Crippen LogP contribution is 2.15. The highest BCUT2D eigenvalue weighted by Gasteiger charge is 2.09. The van der Waals surface area contributed by atoms with Crippen LogP contribution in [0, 0.1) is 0 Å². The molecule has 0 saturated carbocycles. The standard InChI is InChI=1S/C20H19BrClN5O2/c21-15-3-7-17(8-4-15)25-20(29)23-11-10-19(28)26-18-9-12-24-27(18)13-14-1-5-16(22)6-2-14/h1-9,12H,10-11,13H2,(H,26,28)(H2,23,25,29). The van der Waals surface area contributed by atoms with Gasteiger partial charge in [0.15, 0.2) is 0 Å². The van der Waals surface area contributed by atoms with Gasteiger partial charge in [-0.05, 0) is 42.0 Å². The summed E-state index contributed by atoms with van der Waals surface area (Å²) in [6.45, 7) is 0.715. The lowest BCUT2D eigenvalue weighted by Crippen LogP contribution is -2.31. The summed E-state index contributed by atoms with van der Waals surface area (Å²) in [4.78, 5) is 24.1. The molecule has 0 bridgehead atoms. The largest absolute Gasteiger partial charge is 0.337 e. The molecule has 0 saturated heterocycles. The van der Waals surface area contributed by atoms with Gasteiger partial charge in [0, 0.05) is 34.2 Å². The molecule has 0 fully saturated rings. The minimum atomic E-state index is -0.368. The molecule has 0 spiro atoms. The lowest BCUT2D eigenvalue weighted by atomic mass is 10.2. The van der Waals surface area contributed by atoms with Crippen LogP contribution >= 0.6 is 27.5 Å². The van der Waals surface area contributed by atoms with Crippen LogP contribution in [0.5, 0.6) is 0 Å². The summed E-state index contributed by atoms with van der Waals surface area (Å²) < 4.78 is 2.62. The quantitative estimate of drug-likeness (QED) is 0.469. The predicted molar refractivity (Wildman–Crippen MR) is 117 cm³/mol. The van der Waals surface area contributed by atoms with Crippen LogP contribution in [0.1, 0.15) is 12.0 Å². The van der Waals surface area contributed by atoms with E-state index in [1.54, 1.807) is 29.1 Å². The van der Waals surface area contributed by atoms with Crippen LogP contribution in [0.2, 0.25) is 5.02 Å². The van der Waals surface area contributed by atoms with E-state index in [2.05, 4.69) is 37.0 Å². The number of anilines is 2. The normalized spacial score (nSPS) is 10.4. The van der Waals surface area contributed by atoms with E-state index in [1.165, 1.54) is 0 Å². The molecule has 3 amide bonds. The van der Waals surface area contributed by atoms with Gasteiger partial charge >= 0.3 is 6.03 Å². The Morgan fingerprint density at radius 1 is 1.00 bits per heavy atom. The van der Waals surface area contributed by atoms with Crippen LogP contribution in [0.25, 0.3) is 0 Å². The predicted octanol–water partition coefficient (Wildman–Crippen LogP) is 4.50. The molecule has 2 aromatic carbocycles. The first-order valence-electron chi connectivity index (χ1n) is 8.86. The number of amides is 3. The second kappa shape index (κ2) is 10.1. The minimum Gasteiger partial charge on any atom is -0.337 e. The molecule has 1 heterocycles. The van der Waals surface area contributed by atoms with Crippen LogP contribution in [-0.4, -0.2) is 28.3 Å². The van der Waals surface area contributed by atoms with Gasteiger partial charge in [-0.3, -0.25) is 4.79 Å². The third-order valence-electron chi connectivity index (χ3n) is 3.97. The second-order valence-electron chi connectivity index (χ2n) is 6.19. The summed E-state index contributed by atoms with van der Waals surface area (Å²) in [5.41, 5.74) is 1.68. The van der Waals surface area contributed by atoms with Gasteiger partial charge in [0.2, 0.25) is 5.91 Å². The Morgan fingerprint density at radius 2 is 1.72 bits per heavy atom. The molecule has 29 heavy (non-hydrogen) atoms. The van der Waals surface area contributed by atoms with Crippen molar-refractivity contribution in [2.24, 2.45) is 0 Å². The highest BCUT2D eigenvalue weighted by atomic mass is 79.9. The Bertz CT molecular complexity index is 973. The Kier molecular flexibility index (Phi) is 7.26. The molecular formula is C20H19BrClN5O2. The van der Waals surface area contributed by atoms with Crippen molar-refractivity contribution in [2.75, 3.05) is 17.2 Å². The molecule has 0 radical (unpaired) electrons. The topological polar surface area (TPSA) is 88.1 Å². The maximum absolute atomic E-state index is 12.2. The number of hydrogen-bond donors (Lipinski definition) is 3. The van der Waals surface area contributed by atoms with Crippen LogP contribution in [0.15, 0.2) is 65.3 Å². The van der Waals surface area contributed by atoms with Gasteiger partial charge in [-0.2, -0.15) is 5.10 Å². The van der Waals surface area contributed by atoms with Crippen LogP contribution < -0.4 is 16.0 Å². The smallest absolute Gasteiger partial charge is 0.319 e. The Labute approximate surface area is 181 Å². The summed E-state index contributed by atoms with van der Waals surface area (Å²) in [6, 6.07) is 16.0.